The normalized spacial score (nSPS) is 14.5. The first-order chi connectivity index (χ1) is 11.6. The highest BCUT2D eigenvalue weighted by Crippen LogP contribution is 2.23. The quantitative estimate of drug-likeness (QED) is 0.932. The standard InChI is InChI=1S/C17H18FN3O3/c18-13-6-4-12(5-7-13)16-15(20-11-24-16)17(23)19-10-14(22)21-8-2-1-3-9-21/h4-7,11H,1-3,8-10H2,(H,19,23). The lowest BCUT2D eigenvalue weighted by Crippen LogP contribution is -2.42. The fourth-order valence-electron chi connectivity index (χ4n) is 2.71. The number of likely N-dealkylation sites (tertiary alicyclic amines) is 1. The van der Waals surface area contributed by atoms with E-state index in [2.05, 4.69) is 10.3 Å². The van der Waals surface area contributed by atoms with Gasteiger partial charge in [0.1, 0.15) is 5.82 Å². The van der Waals surface area contributed by atoms with Gasteiger partial charge in [-0.05, 0) is 43.5 Å². The molecule has 1 N–H and O–H groups in total. The molecule has 0 spiro atoms. The Labute approximate surface area is 138 Å². The highest BCUT2D eigenvalue weighted by atomic mass is 19.1. The van der Waals surface area contributed by atoms with Crippen LogP contribution in [0, 0.1) is 5.82 Å². The van der Waals surface area contributed by atoms with E-state index in [0.717, 1.165) is 38.7 Å². The van der Waals surface area contributed by atoms with Crippen LogP contribution in [0.2, 0.25) is 0 Å². The van der Waals surface area contributed by atoms with Crippen LogP contribution in [-0.4, -0.2) is 41.3 Å². The molecule has 1 fully saturated rings. The van der Waals surface area contributed by atoms with Crippen molar-refractivity contribution in [2.75, 3.05) is 19.6 Å². The Morgan fingerprint density at radius 2 is 1.88 bits per heavy atom. The minimum atomic E-state index is -0.492. The van der Waals surface area contributed by atoms with Crippen molar-refractivity contribution in [1.82, 2.24) is 15.2 Å². The molecule has 6 nitrogen and oxygen atoms in total. The zero-order valence-corrected chi connectivity index (χ0v) is 13.1. The monoisotopic (exact) mass is 331 g/mol. The second kappa shape index (κ2) is 7.25. The third kappa shape index (κ3) is 3.61. The van der Waals surface area contributed by atoms with E-state index < -0.39 is 5.91 Å². The molecule has 24 heavy (non-hydrogen) atoms. The number of halogens is 1. The number of rotatable bonds is 4. The van der Waals surface area contributed by atoms with Gasteiger partial charge in [0.15, 0.2) is 17.8 Å². The first kappa shape index (κ1) is 16.2. The van der Waals surface area contributed by atoms with E-state index in [-0.39, 0.29) is 29.7 Å². The highest BCUT2D eigenvalue weighted by Gasteiger charge is 2.21. The average Bonchev–Trinajstić information content (AvgIpc) is 3.10. The molecule has 0 radical (unpaired) electrons. The van der Waals surface area contributed by atoms with Gasteiger partial charge in [-0.15, -0.1) is 0 Å². The molecule has 0 unspecified atom stereocenters. The molecule has 0 aliphatic carbocycles. The summed E-state index contributed by atoms with van der Waals surface area (Å²) in [5.74, 6) is -0.724. The van der Waals surface area contributed by atoms with E-state index in [9.17, 15) is 14.0 Å². The molecular weight excluding hydrogens is 313 g/mol. The lowest BCUT2D eigenvalue weighted by atomic mass is 10.1. The summed E-state index contributed by atoms with van der Waals surface area (Å²) in [4.78, 5) is 30.0. The molecule has 1 aliphatic heterocycles. The number of nitrogens with one attached hydrogen (secondary N) is 1. The molecule has 126 valence electrons. The zero-order valence-electron chi connectivity index (χ0n) is 13.1. The van der Waals surface area contributed by atoms with Crippen molar-refractivity contribution in [3.8, 4) is 11.3 Å². The molecule has 0 bridgehead atoms. The maximum atomic E-state index is 13.0. The number of carbonyl (C=O) groups excluding carboxylic acids is 2. The lowest BCUT2D eigenvalue weighted by Gasteiger charge is -2.26. The van der Waals surface area contributed by atoms with Crippen molar-refractivity contribution in [2.45, 2.75) is 19.3 Å². The number of amides is 2. The van der Waals surface area contributed by atoms with Crippen molar-refractivity contribution in [3.05, 3.63) is 42.2 Å². The summed E-state index contributed by atoms with van der Waals surface area (Å²) in [6.45, 7) is 1.40. The molecule has 1 aliphatic rings. The Balaban J connectivity index is 1.64. The number of carbonyl (C=O) groups is 2. The van der Waals surface area contributed by atoms with E-state index in [4.69, 9.17) is 4.42 Å². The summed E-state index contributed by atoms with van der Waals surface area (Å²) in [7, 11) is 0. The van der Waals surface area contributed by atoms with Crippen LogP contribution in [0.3, 0.4) is 0 Å². The van der Waals surface area contributed by atoms with Crippen LogP contribution in [0.5, 0.6) is 0 Å². The molecule has 1 aromatic heterocycles. The molecule has 0 atom stereocenters. The van der Waals surface area contributed by atoms with Crippen molar-refractivity contribution in [1.29, 1.82) is 0 Å². The molecule has 2 aromatic rings. The van der Waals surface area contributed by atoms with Crippen LogP contribution >= 0.6 is 0 Å². The van der Waals surface area contributed by atoms with E-state index >= 15 is 0 Å². The Kier molecular flexibility index (Phi) is 4.88. The van der Waals surface area contributed by atoms with Crippen LogP contribution in [0.4, 0.5) is 4.39 Å². The number of piperidine rings is 1. The molecule has 7 heteroatoms. The summed E-state index contributed by atoms with van der Waals surface area (Å²) in [5, 5.41) is 2.58. The minimum Gasteiger partial charge on any atom is -0.443 e. The number of benzene rings is 1. The van der Waals surface area contributed by atoms with Crippen LogP contribution in [0.15, 0.2) is 35.1 Å². The summed E-state index contributed by atoms with van der Waals surface area (Å²) in [5.41, 5.74) is 0.620. The molecule has 1 saturated heterocycles. The van der Waals surface area contributed by atoms with E-state index in [1.54, 1.807) is 4.90 Å². The molecule has 0 saturated carbocycles. The maximum Gasteiger partial charge on any atom is 0.274 e. The van der Waals surface area contributed by atoms with Crippen molar-refractivity contribution in [3.63, 3.8) is 0 Å². The fraction of sp³-hybridized carbons (Fsp3) is 0.353. The highest BCUT2D eigenvalue weighted by molar-refractivity contribution is 5.99. The number of aromatic nitrogens is 1. The summed E-state index contributed by atoms with van der Waals surface area (Å²) in [6.07, 6.45) is 4.28. The first-order valence-electron chi connectivity index (χ1n) is 7.90. The van der Waals surface area contributed by atoms with Gasteiger partial charge < -0.3 is 14.6 Å². The SMILES string of the molecule is O=C(NCC(=O)N1CCCCC1)c1ncoc1-c1ccc(F)cc1. The van der Waals surface area contributed by atoms with E-state index in [1.807, 2.05) is 0 Å². The lowest BCUT2D eigenvalue weighted by molar-refractivity contribution is -0.130. The predicted octanol–water partition coefficient (Wildman–Crippen LogP) is 2.22. The van der Waals surface area contributed by atoms with Gasteiger partial charge in [0.25, 0.3) is 5.91 Å². The molecule has 2 amide bonds. The van der Waals surface area contributed by atoms with Gasteiger partial charge >= 0.3 is 0 Å². The van der Waals surface area contributed by atoms with Crippen LogP contribution in [-0.2, 0) is 4.79 Å². The Hall–Kier alpha value is -2.70. The molecule has 1 aromatic carbocycles. The molecule has 3 rings (SSSR count). The Morgan fingerprint density at radius 1 is 1.17 bits per heavy atom. The van der Waals surface area contributed by atoms with Gasteiger partial charge in [0, 0.05) is 18.7 Å². The fourth-order valence-corrected chi connectivity index (χ4v) is 2.71. The molecule has 2 heterocycles. The van der Waals surface area contributed by atoms with Crippen LogP contribution in [0.1, 0.15) is 29.8 Å². The third-order valence-corrected chi connectivity index (χ3v) is 4.00. The van der Waals surface area contributed by atoms with Crippen molar-refractivity contribution in [2.24, 2.45) is 0 Å². The van der Waals surface area contributed by atoms with Gasteiger partial charge in [0.2, 0.25) is 5.91 Å². The van der Waals surface area contributed by atoms with E-state index in [0.29, 0.717) is 5.56 Å². The zero-order chi connectivity index (χ0) is 16.9. The predicted molar refractivity (Wildman–Crippen MR) is 84.7 cm³/mol. The molecular formula is C17H18FN3O3. The van der Waals surface area contributed by atoms with Crippen LogP contribution in [0.25, 0.3) is 11.3 Å². The second-order valence-electron chi connectivity index (χ2n) is 5.66. The van der Waals surface area contributed by atoms with Gasteiger partial charge in [0.05, 0.1) is 6.54 Å². The van der Waals surface area contributed by atoms with Crippen LogP contribution < -0.4 is 5.32 Å². The minimum absolute atomic E-state index is 0.0749. The summed E-state index contributed by atoms with van der Waals surface area (Å²) < 4.78 is 18.3. The summed E-state index contributed by atoms with van der Waals surface area (Å²) in [6, 6.07) is 5.57. The summed E-state index contributed by atoms with van der Waals surface area (Å²) >= 11 is 0. The third-order valence-electron chi connectivity index (χ3n) is 4.00. The van der Waals surface area contributed by atoms with E-state index in [1.165, 1.54) is 24.3 Å². The average molecular weight is 331 g/mol. The number of hydrogen-bond donors (Lipinski definition) is 1. The van der Waals surface area contributed by atoms with Gasteiger partial charge in [-0.25, -0.2) is 9.37 Å². The Morgan fingerprint density at radius 3 is 2.58 bits per heavy atom. The van der Waals surface area contributed by atoms with Gasteiger partial charge in [-0.3, -0.25) is 9.59 Å². The number of oxazole rings is 1. The number of nitrogens with zero attached hydrogens (tertiary/aromatic N) is 2. The second-order valence-corrected chi connectivity index (χ2v) is 5.66. The van der Waals surface area contributed by atoms with Crippen molar-refractivity contribution >= 4 is 11.8 Å². The first-order valence-corrected chi connectivity index (χ1v) is 7.90. The largest absolute Gasteiger partial charge is 0.443 e. The Bertz CT molecular complexity index is 721. The topological polar surface area (TPSA) is 75.4 Å². The van der Waals surface area contributed by atoms with Gasteiger partial charge in [-0.2, -0.15) is 0 Å². The van der Waals surface area contributed by atoms with Gasteiger partial charge in [-0.1, -0.05) is 0 Å². The van der Waals surface area contributed by atoms with Crippen molar-refractivity contribution < 1.29 is 18.4 Å². The number of hydrogen-bond acceptors (Lipinski definition) is 4. The smallest absolute Gasteiger partial charge is 0.274 e. The maximum absolute atomic E-state index is 13.0.